The van der Waals surface area contributed by atoms with Crippen molar-refractivity contribution >= 4 is 17.5 Å². The molecule has 3 heterocycles. The van der Waals surface area contributed by atoms with Crippen molar-refractivity contribution in [3.05, 3.63) is 96.4 Å². The lowest BCUT2D eigenvalue weighted by Gasteiger charge is -2.49. The first-order valence-corrected chi connectivity index (χ1v) is 13.5. The molecule has 0 saturated carbocycles. The Kier molecular flexibility index (Phi) is 8.85. The number of anilines is 2. The number of H-pyrrole nitrogens is 1. The van der Waals surface area contributed by atoms with E-state index in [0.717, 1.165) is 71.8 Å². The van der Waals surface area contributed by atoms with Crippen LogP contribution in [0.3, 0.4) is 0 Å². The largest absolute Gasteiger partial charge is 0.366 e. The molecule has 1 saturated heterocycles. The molecule has 0 radical (unpaired) electrons. The van der Waals surface area contributed by atoms with Gasteiger partial charge in [0.05, 0.1) is 11.4 Å². The summed E-state index contributed by atoms with van der Waals surface area (Å²) in [5.74, 6) is -0.199. The zero-order valence-electron chi connectivity index (χ0n) is 22.9. The number of hydrogen-bond donors (Lipinski definition) is 3. The number of likely N-dealkylation sites (N-methyl/N-ethyl adjacent to an activating group) is 1. The van der Waals surface area contributed by atoms with Crippen LogP contribution in [0, 0.1) is 5.82 Å². The minimum atomic E-state index is -0.199. The predicted molar refractivity (Wildman–Crippen MR) is 158 cm³/mol. The zero-order valence-corrected chi connectivity index (χ0v) is 22.9. The van der Waals surface area contributed by atoms with E-state index in [0.29, 0.717) is 24.1 Å². The van der Waals surface area contributed by atoms with Gasteiger partial charge in [0.1, 0.15) is 5.82 Å². The lowest BCUT2D eigenvalue weighted by molar-refractivity contribution is 0.0650. The third-order valence-electron chi connectivity index (χ3n) is 7.65. The molecule has 3 aromatic rings. The SMILES string of the molecule is C=CC(=C)N1C(C)CC1CCc1cnccc1-c1[nH]c(CCNC)c(C=C)c1Nc1cccc(F)c1CC. The second kappa shape index (κ2) is 12.3. The summed E-state index contributed by atoms with van der Waals surface area (Å²) in [5, 5.41) is 6.82. The summed E-state index contributed by atoms with van der Waals surface area (Å²) in [6.45, 7) is 17.2. The molecule has 38 heavy (non-hydrogen) atoms. The van der Waals surface area contributed by atoms with Gasteiger partial charge in [-0.2, -0.15) is 0 Å². The van der Waals surface area contributed by atoms with E-state index >= 15 is 0 Å². The van der Waals surface area contributed by atoms with Gasteiger partial charge in [0.15, 0.2) is 0 Å². The Morgan fingerprint density at radius 3 is 2.76 bits per heavy atom. The Bertz CT molecular complexity index is 1310. The highest BCUT2D eigenvalue weighted by atomic mass is 19.1. The van der Waals surface area contributed by atoms with Gasteiger partial charge in [0.25, 0.3) is 0 Å². The quantitative estimate of drug-likeness (QED) is 0.215. The molecule has 5 nitrogen and oxygen atoms in total. The molecule has 1 fully saturated rings. The first kappa shape index (κ1) is 27.4. The predicted octanol–water partition coefficient (Wildman–Crippen LogP) is 7.02. The molecule has 1 aliphatic rings. The highest BCUT2D eigenvalue weighted by Crippen LogP contribution is 2.40. The van der Waals surface area contributed by atoms with Crippen molar-refractivity contribution in [2.75, 3.05) is 18.9 Å². The highest BCUT2D eigenvalue weighted by molar-refractivity contribution is 5.88. The van der Waals surface area contributed by atoms with Crippen LogP contribution in [-0.2, 0) is 19.3 Å². The smallest absolute Gasteiger partial charge is 0.128 e. The second-order valence-corrected chi connectivity index (χ2v) is 9.98. The number of nitrogens with one attached hydrogen (secondary N) is 3. The average molecular weight is 514 g/mol. The van der Waals surface area contributed by atoms with Gasteiger partial charge in [0.2, 0.25) is 0 Å². The molecular weight excluding hydrogens is 473 g/mol. The van der Waals surface area contributed by atoms with Gasteiger partial charge in [-0.3, -0.25) is 4.98 Å². The van der Waals surface area contributed by atoms with Crippen LogP contribution in [-0.4, -0.2) is 40.5 Å². The molecule has 0 aliphatic carbocycles. The highest BCUT2D eigenvalue weighted by Gasteiger charge is 2.34. The van der Waals surface area contributed by atoms with Crippen molar-refractivity contribution in [1.29, 1.82) is 0 Å². The molecule has 2 unspecified atom stereocenters. The number of pyridine rings is 1. The second-order valence-electron chi connectivity index (χ2n) is 9.98. The van der Waals surface area contributed by atoms with Crippen LogP contribution in [0.4, 0.5) is 15.8 Å². The summed E-state index contributed by atoms with van der Waals surface area (Å²) in [4.78, 5) is 10.5. The summed E-state index contributed by atoms with van der Waals surface area (Å²) < 4.78 is 14.7. The molecule has 0 amide bonds. The third kappa shape index (κ3) is 5.46. The normalized spacial score (nSPS) is 16.7. The van der Waals surface area contributed by atoms with E-state index in [2.05, 4.69) is 58.2 Å². The van der Waals surface area contributed by atoms with E-state index in [4.69, 9.17) is 0 Å². The molecule has 1 aliphatic heterocycles. The molecule has 4 rings (SSSR count). The minimum absolute atomic E-state index is 0.199. The summed E-state index contributed by atoms with van der Waals surface area (Å²) in [6, 6.07) is 8.20. The molecule has 2 atom stereocenters. The number of rotatable bonds is 13. The van der Waals surface area contributed by atoms with Gasteiger partial charge in [-0.15, -0.1) is 0 Å². The van der Waals surface area contributed by atoms with Crippen molar-refractivity contribution in [3.8, 4) is 11.3 Å². The van der Waals surface area contributed by atoms with Crippen LogP contribution in [0.2, 0.25) is 0 Å². The maximum atomic E-state index is 14.7. The number of hydrogen-bond acceptors (Lipinski definition) is 4. The minimum Gasteiger partial charge on any atom is -0.366 e. The number of nitrogens with zero attached hydrogens (tertiary/aromatic N) is 2. The first-order chi connectivity index (χ1) is 18.4. The van der Waals surface area contributed by atoms with Gasteiger partial charge >= 0.3 is 0 Å². The summed E-state index contributed by atoms with van der Waals surface area (Å²) in [7, 11) is 1.95. The van der Waals surface area contributed by atoms with Gasteiger partial charge in [-0.1, -0.05) is 38.8 Å². The number of aromatic amines is 1. The number of halogens is 1. The van der Waals surface area contributed by atoms with Gasteiger partial charge in [-0.05, 0) is 69.5 Å². The van der Waals surface area contributed by atoms with E-state index < -0.39 is 0 Å². The number of allylic oxidation sites excluding steroid dienone is 1. The molecular formula is C32H40FN5. The topological polar surface area (TPSA) is 56.0 Å². The van der Waals surface area contributed by atoms with E-state index in [1.807, 2.05) is 44.6 Å². The van der Waals surface area contributed by atoms with Crippen LogP contribution >= 0.6 is 0 Å². The Balaban J connectivity index is 1.73. The van der Waals surface area contributed by atoms with Crippen molar-refractivity contribution in [2.24, 2.45) is 0 Å². The fourth-order valence-corrected chi connectivity index (χ4v) is 5.66. The van der Waals surface area contributed by atoms with Gasteiger partial charge < -0.3 is 20.5 Å². The maximum Gasteiger partial charge on any atom is 0.128 e. The molecule has 0 bridgehead atoms. The van der Waals surface area contributed by atoms with Crippen LogP contribution < -0.4 is 10.6 Å². The average Bonchev–Trinajstić information content (AvgIpc) is 3.26. The fourth-order valence-electron chi connectivity index (χ4n) is 5.66. The maximum absolute atomic E-state index is 14.7. The van der Waals surface area contributed by atoms with Gasteiger partial charge in [0, 0.05) is 71.2 Å². The van der Waals surface area contributed by atoms with Crippen LogP contribution in [0.5, 0.6) is 0 Å². The Morgan fingerprint density at radius 1 is 1.26 bits per heavy atom. The molecule has 2 aromatic heterocycles. The van der Waals surface area contributed by atoms with Crippen molar-refractivity contribution < 1.29 is 4.39 Å². The monoisotopic (exact) mass is 513 g/mol. The third-order valence-corrected chi connectivity index (χ3v) is 7.65. The Hall–Kier alpha value is -3.64. The molecule has 3 N–H and O–H groups in total. The van der Waals surface area contributed by atoms with Crippen molar-refractivity contribution in [2.45, 2.75) is 58.0 Å². The molecule has 1 aromatic carbocycles. The van der Waals surface area contributed by atoms with E-state index in [1.165, 1.54) is 11.6 Å². The summed E-state index contributed by atoms with van der Waals surface area (Å²) in [6.07, 6.45) is 12.0. The summed E-state index contributed by atoms with van der Waals surface area (Å²) in [5.41, 5.74) is 8.68. The van der Waals surface area contributed by atoms with Crippen molar-refractivity contribution in [1.82, 2.24) is 20.2 Å². The Labute approximate surface area is 226 Å². The van der Waals surface area contributed by atoms with Crippen LogP contribution in [0.15, 0.2) is 68.2 Å². The zero-order chi connectivity index (χ0) is 27.2. The first-order valence-electron chi connectivity index (χ1n) is 13.5. The number of benzene rings is 1. The summed E-state index contributed by atoms with van der Waals surface area (Å²) >= 11 is 0. The van der Waals surface area contributed by atoms with E-state index in [9.17, 15) is 4.39 Å². The van der Waals surface area contributed by atoms with Crippen LogP contribution in [0.1, 0.15) is 49.1 Å². The van der Waals surface area contributed by atoms with Crippen molar-refractivity contribution in [3.63, 3.8) is 0 Å². The molecule has 6 heteroatoms. The van der Waals surface area contributed by atoms with E-state index in [1.54, 1.807) is 6.07 Å². The number of aryl methyl sites for hydroxylation is 1. The molecule has 0 spiro atoms. The van der Waals surface area contributed by atoms with E-state index in [-0.39, 0.29) is 5.82 Å². The van der Waals surface area contributed by atoms with Gasteiger partial charge in [-0.25, -0.2) is 4.39 Å². The lowest BCUT2D eigenvalue weighted by atomic mass is 9.88. The standard InChI is InChI=1S/C32H40FN5/c1-7-21(4)38-22(5)19-24(38)14-13-23-20-35-18-15-27(23)32-31(26(9-3)30(37-32)16-17-34-6)36-29-12-10-11-28(33)25(29)8-2/h7,9-12,15,18,20,22,24,34,36-37H,1,3-4,8,13-14,16-17,19H2,2,5-6H3. The Morgan fingerprint density at radius 2 is 2.08 bits per heavy atom. The number of likely N-dealkylation sites (tertiary alicyclic amines) is 1. The fraction of sp³-hybridized carbons (Fsp3) is 0.344. The lowest BCUT2D eigenvalue weighted by Crippen LogP contribution is -2.53. The molecule has 200 valence electrons. The van der Waals surface area contributed by atoms with Crippen LogP contribution in [0.25, 0.3) is 17.3 Å². The number of aromatic nitrogens is 2.